The second-order valence-corrected chi connectivity index (χ2v) is 7.17. The third kappa shape index (κ3) is 6.06. The lowest BCUT2D eigenvalue weighted by atomic mass is 9.87. The molecule has 0 aliphatic heterocycles. The Morgan fingerprint density at radius 1 is 1.15 bits per heavy atom. The number of carbonyl (C=O) groups excluding carboxylic acids is 1. The van der Waals surface area contributed by atoms with Crippen LogP contribution in [0.25, 0.3) is 0 Å². The average Bonchev–Trinajstić information content (AvgIpc) is 2.63. The molecule has 0 aliphatic rings. The van der Waals surface area contributed by atoms with Gasteiger partial charge in [-0.1, -0.05) is 39.0 Å². The Bertz CT molecular complexity index is 706. The molecule has 0 aliphatic carbocycles. The van der Waals surface area contributed by atoms with E-state index in [0.717, 1.165) is 11.3 Å². The van der Waals surface area contributed by atoms with E-state index < -0.39 is 0 Å². The van der Waals surface area contributed by atoms with Crippen molar-refractivity contribution in [2.24, 2.45) is 0 Å². The first-order chi connectivity index (χ1) is 12.4. The fourth-order valence-electron chi connectivity index (χ4n) is 2.50. The monoisotopic (exact) mass is 356 g/mol. The Labute approximate surface area is 155 Å². The number of ether oxygens (including phenoxy) is 2. The van der Waals surface area contributed by atoms with E-state index in [1.165, 1.54) is 5.56 Å². The Balaban J connectivity index is 1.68. The summed E-state index contributed by atoms with van der Waals surface area (Å²) in [5.41, 5.74) is 2.27. The standard InChI is InChI=1S/C21H28N2O3/c1-21(2,3)17-9-11-18(12-10-17)26-14-6-8-19(24)23-15-16-7-5-13-22-20(16)25-4/h5,7,9-13H,6,8,14-15H2,1-4H3,(H,23,24). The van der Waals surface area contributed by atoms with E-state index in [1.807, 2.05) is 24.3 Å². The molecular weight excluding hydrogens is 328 g/mol. The summed E-state index contributed by atoms with van der Waals surface area (Å²) in [5.74, 6) is 1.36. The number of aromatic nitrogens is 1. The van der Waals surface area contributed by atoms with E-state index in [-0.39, 0.29) is 11.3 Å². The van der Waals surface area contributed by atoms with Gasteiger partial charge < -0.3 is 14.8 Å². The van der Waals surface area contributed by atoms with Crippen LogP contribution < -0.4 is 14.8 Å². The van der Waals surface area contributed by atoms with Gasteiger partial charge in [-0.2, -0.15) is 0 Å². The van der Waals surface area contributed by atoms with E-state index in [4.69, 9.17) is 9.47 Å². The molecule has 1 aromatic carbocycles. The summed E-state index contributed by atoms with van der Waals surface area (Å²) in [6.45, 7) is 7.47. The summed E-state index contributed by atoms with van der Waals surface area (Å²) >= 11 is 0. The third-order valence-electron chi connectivity index (χ3n) is 4.06. The van der Waals surface area contributed by atoms with Gasteiger partial charge in [0.05, 0.1) is 13.7 Å². The second kappa shape index (κ2) is 9.22. The lowest BCUT2D eigenvalue weighted by molar-refractivity contribution is -0.121. The van der Waals surface area contributed by atoms with Gasteiger partial charge in [0.1, 0.15) is 5.75 Å². The maximum atomic E-state index is 12.0. The van der Waals surface area contributed by atoms with Gasteiger partial charge in [0, 0.05) is 24.7 Å². The molecule has 26 heavy (non-hydrogen) atoms. The van der Waals surface area contributed by atoms with E-state index in [0.29, 0.717) is 31.9 Å². The van der Waals surface area contributed by atoms with Crippen LogP contribution in [-0.4, -0.2) is 24.6 Å². The molecule has 140 valence electrons. The van der Waals surface area contributed by atoms with E-state index in [9.17, 15) is 4.79 Å². The minimum absolute atomic E-state index is 0.0115. The largest absolute Gasteiger partial charge is 0.494 e. The number of carbonyl (C=O) groups is 1. The summed E-state index contributed by atoms with van der Waals surface area (Å²) in [6, 6.07) is 11.8. The highest BCUT2D eigenvalue weighted by molar-refractivity contribution is 5.75. The van der Waals surface area contributed by atoms with E-state index in [1.54, 1.807) is 13.3 Å². The molecule has 0 spiro atoms. The molecule has 0 bridgehead atoms. The number of hydrogen-bond acceptors (Lipinski definition) is 4. The lowest BCUT2D eigenvalue weighted by Gasteiger charge is -2.19. The number of benzene rings is 1. The van der Waals surface area contributed by atoms with Crippen LogP contribution in [0.5, 0.6) is 11.6 Å². The van der Waals surface area contributed by atoms with Crippen LogP contribution in [-0.2, 0) is 16.8 Å². The number of amides is 1. The minimum Gasteiger partial charge on any atom is -0.494 e. The van der Waals surface area contributed by atoms with Crippen LogP contribution >= 0.6 is 0 Å². The van der Waals surface area contributed by atoms with Gasteiger partial charge in [0.25, 0.3) is 0 Å². The molecule has 1 aromatic heterocycles. The number of hydrogen-bond donors (Lipinski definition) is 1. The molecule has 5 nitrogen and oxygen atoms in total. The predicted molar refractivity (Wildman–Crippen MR) is 103 cm³/mol. The zero-order chi connectivity index (χ0) is 19.0. The van der Waals surface area contributed by atoms with Crippen molar-refractivity contribution < 1.29 is 14.3 Å². The topological polar surface area (TPSA) is 60.5 Å². The van der Waals surface area contributed by atoms with Crippen molar-refractivity contribution in [1.82, 2.24) is 10.3 Å². The van der Waals surface area contributed by atoms with Gasteiger partial charge in [0.2, 0.25) is 11.8 Å². The van der Waals surface area contributed by atoms with Gasteiger partial charge in [-0.05, 0) is 35.6 Å². The van der Waals surface area contributed by atoms with Gasteiger partial charge in [-0.15, -0.1) is 0 Å². The molecule has 1 N–H and O–H groups in total. The molecule has 1 heterocycles. The SMILES string of the molecule is COc1ncccc1CNC(=O)CCCOc1ccc(C(C)(C)C)cc1. The normalized spacial score (nSPS) is 11.1. The minimum atomic E-state index is -0.0115. The van der Waals surface area contributed by atoms with Gasteiger partial charge in [-0.25, -0.2) is 4.98 Å². The average molecular weight is 356 g/mol. The fraction of sp³-hybridized carbons (Fsp3) is 0.429. The predicted octanol–water partition coefficient (Wildman–Crippen LogP) is 3.86. The fourth-order valence-corrected chi connectivity index (χ4v) is 2.50. The molecule has 5 heteroatoms. The number of nitrogens with zero attached hydrogens (tertiary/aromatic N) is 1. The Hall–Kier alpha value is -2.56. The van der Waals surface area contributed by atoms with Gasteiger partial charge in [0.15, 0.2) is 0 Å². The van der Waals surface area contributed by atoms with Crippen molar-refractivity contribution in [3.63, 3.8) is 0 Å². The number of rotatable bonds is 8. The Kier molecular flexibility index (Phi) is 7.01. The molecule has 0 unspecified atom stereocenters. The van der Waals surface area contributed by atoms with E-state index >= 15 is 0 Å². The number of pyridine rings is 1. The van der Waals surface area contributed by atoms with Crippen molar-refractivity contribution in [2.45, 2.75) is 45.6 Å². The van der Waals surface area contributed by atoms with Crippen LogP contribution in [0.3, 0.4) is 0 Å². The molecule has 2 rings (SSSR count). The Morgan fingerprint density at radius 3 is 2.54 bits per heavy atom. The van der Waals surface area contributed by atoms with Crippen LogP contribution in [0.15, 0.2) is 42.6 Å². The lowest BCUT2D eigenvalue weighted by Crippen LogP contribution is -2.23. The van der Waals surface area contributed by atoms with Crippen LogP contribution in [0.1, 0.15) is 44.7 Å². The van der Waals surface area contributed by atoms with Crippen molar-refractivity contribution >= 4 is 5.91 Å². The van der Waals surface area contributed by atoms with Crippen molar-refractivity contribution in [3.8, 4) is 11.6 Å². The summed E-state index contributed by atoms with van der Waals surface area (Å²) in [5, 5.41) is 2.88. The maximum absolute atomic E-state index is 12.0. The number of nitrogens with one attached hydrogen (secondary N) is 1. The molecule has 0 saturated heterocycles. The summed E-state index contributed by atoms with van der Waals surface area (Å²) in [4.78, 5) is 16.1. The first kappa shape index (κ1) is 19.8. The van der Waals surface area contributed by atoms with Gasteiger partial charge in [-0.3, -0.25) is 4.79 Å². The highest BCUT2D eigenvalue weighted by Gasteiger charge is 2.13. The zero-order valence-electron chi connectivity index (χ0n) is 16.0. The summed E-state index contributed by atoms with van der Waals surface area (Å²) in [7, 11) is 1.57. The highest BCUT2D eigenvalue weighted by Crippen LogP contribution is 2.24. The van der Waals surface area contributed by atoms with E-state index in [2.05, 4.69) is 43.2 Å². The maximum Gasteiger partial charge on any atom is 0.220 e. The van der Waals surface area contributed by atoms with Crippen molar-refractivity contribution in [3.05, 3.63) is 53.7 Å². The summed E-state index contributed by atoms with van der Waals surface area (Å²) in [6.07, 6.45) is 2.75. The molecule has 0 radical (unpaired) electrons. The molecule has 2 aromatic rings. The van der Waals surface area contributed by atoms with Crippen LogP contribution in [0, 0.1) is 0 Å². The zero-order valence-corrected chi connectivity index (χ0v) is 16.0. The van der Waals surface area contributed by atoms with Crippen molar-refractivity contribution in [2.75, 3.05) is 13.7 Å². The first-order valence-corrected chi connectivity index (χ1v) is 8.88. The highest BCUT2D eigenvalue weighted by atomic mass is 16.5. The number of methoxy groups -OCH3 is 1. The van der Waals surface area contributed by atoms with Crippen LogP contribution in [0.4, 0.5) is 0 Å². The van der Waals surface area contributed by atoms with Gasteiger partial charge >= 0.3 is 0 Å². The molecular formula is C21H28N2O3. The third-order valence-corrected chi connectivity index (χ3v) is 4.06. The molecule has 1 amide bonds. The Morgan fingerprint density at radius 2 is 1.88 bits per heavy atom. The quantitative estimate of drug-likeness (QED) is 0.730. The smallest absolute Gasteiger partial charge is 0.220 e. The molecule has 0 atom stereocenters. The molecule has 0 fully saturated rings. The second-order valence-electron chi connectivity index (χ2n) is 7.17. The molecule has 0 saturated carbocycles. The first-order valence-electron chi connectivity index (χ1n) is 8.88. The van der Waals surface area contributed by atoms with Crippen molar-refractivity contribution in [1.29, 1.82) is 0 Å². The summed E-state index contributed by atoms with van der Waals surface area (Å²) < 4.78 is 10.9. The van der Waals surface area contributed by atoms with Crippen LogP contribution in [0.2, 0.25) is 0 Å².